The average molecular weight is 340 g/mol. The highest BCUT2D eigenvalue weighted by Crippen LogP contribution is 2.21. The van der Waals surface area contributed by atoms with Crippen LogP contribution in [-0.2, 0) is 4.79 Å². The molecule has 0 spiro atoms. The van der Waals surface area contributed by atoms with E-state index in [-0.39, 0.29) is 17.7 Å². The number of hydrogen-bond donors (Lipinski definition) is 2. The van der Waals surface area contributed by atoms with E-state index in [2.05, 4.69) is 29.4 Å². The highest BCUT2D eigenvalue weighted by Gasteiger charge is 2.13. The topological polar surface area (TPSA) is 61.4 Å². The fourth-order valence-corrected chi connectivity index (χ4v) is 2.29. The predicted octanol–water partition coefficient (Wildman–Crippen LogP) is 3.01. The third kappa shape index (κ3) is 6.20. The summed E-state index contributed by atoms with van der Waals surface area (Å²) in [6.07, 6.45) is 0. The van der Waals surface area contributed by atoms with Crippen LogP contribution in [0, 0.1) is 5.92 Å². The zero-order chi connectivity index (χ0) is 17.4. The summed E-state index contributed by atoms with van der Waals surface area (Å²) in [6.45, 7) is 11.1. The minimum atomic E-state index is -0.205. The van der Waals surface area contributed by atoms with Crippen LogP contribution in [0.2, 0.25) is 5.02 Å². The largest absolute Gasteiger partial charge is 0.351 e. The molecular weight excluding hydrogens is 314 g/mol. The fourth-order valence-electron chi connectivity index (χ4n) is 2.03. The van der Waals surface area contributed by atoms with Gasteiger partial charge in [-0.3, -0.25) is 9.59 Å². The number of anilines is 1. The van der Waals surface area contributed by atoms with Crippen LogP contribution in [-0.4, -0.2) is 42.9 Å². The molecule has 0 fully saturated rings. The average Bonchev–Trinajstić information content (AvgIpc) is 2.51. The normalized spacial score (nSPS) is 10.9. The van der Waals surface area contributed by atoms with Crippen molar-refractivity contribution in [2.75, 3.05) is 31.5 Å². The second kappa shape index (κ2) is 9.53. The number of carbonyl (C=O) groups excluding carboxylic acids is 2. The Hall–Kier alpha value is -1.59. The molecule has 0 saturated heterocycles. The van der Waals surface area contributed by atoms with E-state index < -0.39 is 0 Å². The quantitative estimate of drug-likeness (QED) is 0.765. The van der Waals surface area contributed by atoms with E-state index in [9.17, 15) is 9.59 Å². The van der Waals surface area contributed by atoms with Gasteiger partial charge in [0.1, 0.15) is 0 Å². The first kappa shape index (κ1) is 19.5. The van der Waals surface area contributed by atoms with Crippen LogP contribution in [0.4, 0.5) is 5.69 Å². The molecule has 0 unspecified atom stereocenters. The van der Waals surface area contributed by atoms with Crippen molar-refractivity contribution in [3.63, 3.8) is 0 Å². The number of nitrogens with zero attached hydrogens (tertiary/aromatic N) is 1. The van der Waals surface area contributed by atoms with Crippen molar-refractivity contribution in [2.24, 2.45) is 5.92 Å². The van der Waals surface area contributed by atoms with Crippen LogP contribution in [0.3, 0.4) is 0 Å². The molecule has 1 aromatic carbocycles. The molecule has 1 aromatic rings. The minimum absolute atomic E-state index is 0.0857. The maximum Gasteiger partial charge on any atom is 0.252 e. The predicted molar refractivity (Wildman–Crippen MR) is 95.0 cm³/mol. The van der Waals surface area contributed by atoms with Crippen LogP contribution < -0.4 is 10.6 Å². The molecular formula is C17H26ClN3O2. The van der Waals surface area contributed by atoms with Crippen molar-refractivity contribution in [1.29, 1.82) is 0 Å². The summed E-state index contributed by atoms with van der Waals surface area (Å²) in [7, 11) is 0. The first-order chi connectivity index (χ1) is 10.9. The Morgan fingerprint density at radius 2 is 1.87 bits per heavy atom. The van der Waals surface area contributed by atoms with Gasteiger partial charge in [-0.2, -0.15) is 0 Å². The number of halogens is 1. The van der Waals surface area contributed by atoms with Crippen molar-refractivity contribution in [3.05, 3.63) is 28.8 Å². The molecule has 5 nitrogen and oxygen atoms in total. The molecule has 0 aromatic heterocycles. The third-order valence-electron chi connectivity index (χ3n) is 3.61. The number of nitrogens with one attached hydrogen (secondary N) is 2. The zero-order valence-corrected chi connectivity index (χ0v) is 15.0. The molecule has 23 heavy (non-hydrogen) atoms. The molecule has 128 valence electrons. The van der Waals surface area contributed by atoms with Gasteiger partial charge in [0, 0.05) is 24.7 Å². The molecule has 1 rings (SSSR count). The highest BCUT2D eigenvalue weighted by molar-refractivity contribution is 6.34. The molecule has 0 heterocycles. The van der Waals surface area contributed by atoms with Crippen LogP contribution in [0.25, 0.3) is 0 Å². The maximum absolute atomic E-state index is 12.2. The van der Waals surface area contributed by atoms with Gasteiger partial charge in [-0.05, 0) is 31.3 Å². The molecule has 2 amide bonds. The molecule has 0 atom stereocenters. The lowest BCUT2D eigenvalue weighted by Gasteiger charge is -2.18. The summed E-state index contributed by atoms with van der Waals surface area (Å²) in [5.41, 5.74) is 1.00. The molecule has 2 N–H and O–H groups in total. The molecule has 0 radical (unpaired) electrons. The molecule has 6 heteroatoms. The summed E-state index contributed by atoms with van der Waals surface area (Å²) in [4.78, 5) is 26.1. The van der Waals surface area contributed by atoms with E-state index in [0.29, 0.717) is 22.8 Å². The SMILES string of the molecule is CCN(CC)CCNC(=O)c1ccc(NC(=O)C(C)C)cc1Cl. The van der Waals surface area contributed by atoms with Crippen molar-refractivity contribution in [2.45, 2.75) is 27.7 Å². The smallest absolute Gasteiger partial charge is 0.252 e. The van der Waals surface area contributed by atoms with E-state index in [1.54, 1.807) is 18.2 Å². The maximum atomic E-state index is 12.2. The van der Waals surface area contributed by atoms with Crippen LogP contribution >= 0.6 is 11.6 Å². The molecule has 0 aliphatic carbocycles. The van der Waals surface area contributed by atoms with Gasteiger partial charge in [0.25, 0.3) is 5.91 Å². The van der Waals surface area contributed by atoms with Crippen LogP contribution in [0.5, 0.6) is 0 Å². The van der Waals surface area contributed by atoms with Gasteiger partial charge in [-0.25, -0.2) is 0 Å². The number of benzene rings is 1. The number of likely N-dealkylation sites (N-methyl/N-ethyl adjacent to an activating group) is 1. The molecule has 0 bridgehead atoms. The van der Waals surface area contributed by atoms with Gasteiger partial charge in [0.05, 0.1) is 10.6 Å². The molecule has 0 aliphatic heterocycles. The second-order valence-electron chi connectivity index (χ2n) is 5.62. The number of rotatable bonds is 8. The number of hydrogen-bond acceptors (Lipinski definition) is 3. The summed E-state index contributed by atoms with van der Waals surface area (Å²) >= 11 is 6.16. The number of carbonyl (C=O) groups is 2. The monoisotopic (exact) mass is 339 g/mol. The molecule has 0 saturated carbocycles. The van der Waals surface area contributed by atoms with Gasteiger partial charge >= 0.3 is 0 Å². The van der Waals surface area contributed by atoms with E-state index >= 15 is 0 Å². The lowest BCUT2D eigenvalue weighted by molar-refractivity contribution is -0.118. The third-order valence-corrected chi connectivity index (χ3v) is 3.93. The Balaban J connectivity index is 2.63. The van der Waals surface area contributed by atoms with E-state index in [1.807, 2.05) is 13.8 Å². The van der Waals surface area contributed by atoms with Gasteiger partial charge < -0.3 is 15.5 Å². The zero-order valence-electron chi connectivity index (χ0n) is 14.3. The van der Waals surface area contributed by atoms with E-state index in [1.165, 1.54) is 0 Å². The van der Waals surface area contributed by atoms with Gasteiger partial charge in [0.2, 0.25) is 5.91 Å². The standard InChI is InChI=1S/C17H26ClN3O2/c1-5-21(6-2)10-9-19-17(23)14-8-7-13(11-15(14)18)20-16(22)12(3)4/h7-8,11-12H,5-6,9-10H2,1-4H3,(H,19,23)(H,20,22). The summed E-state index contributed by atoms with van der Waals surface area (Å²) < 4.78 is 0. The lowest BCUT2D eigenvalue weighted by Crippen LogP contribution is -2.34. The Morgan fingerprint density at radius 1 is 1.22 bits per heavy atom. The Bertz CT molecular complexity index is 543. The van der Waals surface area contributed by atoms with Crippen molar-refractivity contribution >= 4 is 29.1 Å². The first-order valence-corrected chi connectivity index (χ1v) is 8.37. The van der Waals surface area contributed by atoms with Gasteiger partial charge in [0.15, 0.2) is 0 Å². The van der Waals surface area contributed by atoms with Crippen LogP contribution in [0.15, 0.2) is 18.2 Å². The van der Waals surface area contributed by atoms with E-state index in [4.69, 9.17) is 11.6 Å². The second-order valence-corrected chi connectivity index (χ2v) is 6.03. The Morgan fingerprint density at radius 3 is 2.39 bits per heavy atom. The number of amides is 2. The Labute approximate surface area is 143 Å². The highest BCUT2D eigenvalue weighted by atomic mass is 35.5. The van der Waals surface area contributed by atoms with E-state index in [0.717, 1.165) is 19.6 Å². The fraction of sp³-hybridized carbons (Fsp3) is 0.529. The lowest BCUT2D eigenvalue weighted by atomic mass is 10.1. The minimum Gasteiger partial charge on any atom is -0.351 e. The summed E-state index contributed by atoms with van der Waals surface area (Å²) in [5.74, 6) is -0.404. The summed E-state index contributed by atoms with van der Waals surface area (Å²) in [5, 5.41) is 5.95. The van der Waals surface area contributed by atoms with Crippen LogP contribution in [0.1, 0.15) is 38.1 Å². The van der Waals surface area contributed by atoms with Gasteiger partial charge in [-0.15, -0.1) is 0 Å². The van der Waals surface area contributed by atoms with Crippen molar-refractivity contribution in [3.8, 4) is 0 Å². The van der Waals surface area contributed by atoms with Gasteiger partial charge in [-0.1, -0.05) is 39.3 Å². The first-order valence-electron chi connectivity index (χ1n) is 8.00. The van der Waals surface area contributed by atoms with Crippen molar-refractivity contribution in [1.82, 2.24) is 10.2 Å². The molecule has 0 aliphatic rings. The summed E-state index contributed by atoms with van der Waals surface area (Å²) in [6, 6.07) is 4.91. The Kier molecular flexibility index (Phi) is 8.06. The van der Waals surface area contributed by atoms with Crippen molar-refractivity contribution < 1.29 is 9.59 Å².